The van der Waals surface area contributed by atoms with Crippen molar-refractivity contribution in [3.05, 3.63) is 41.3 Å². The molecule has 2 amide bonds. The van der Waals surface area contributed by atoms with Gasteiger partial charge in [0, 0.05) is 36.8 Å². The Morgan fingerprint density at radius 1 is 1.15 bits per heavy atom. The molecule has 0 bridgehead atoms. The van der Waals surface area contributed by atoms with E-state index >= 15 is 0 Å². The lowest BCUT2D eigenvalue weighted by molar-refractivity contribution is -0.115. The molecule has 1 fully saturated rings. The highest BCUT2D eigenvalue weighted by atomic mass is 32.2. The number of carbonyl (C=O) groups is 2. The van der Waals surface area contributed by atoms with Gasteiger partial charge in [-0.1, -0.05) is 23.9 Å². The lowest BCUT2D eigenvalue weighted by Gasteiger charge is -2.32. The van der Waals surface area contributed by atoms with Crippen molar-refractivity contribution in [2.45, 2.75) is 10.3 Å². The first-order chi connectivity index (χ1) is 12.6. The highest BCUT2D eigenvalue weighted by Crippen LogP contribution is 2.38. The summed E-state index contributed by atoms with van der Waals surface area (Å²) >= 11 is 2.88. The third-order valence-electron chi connectivity index (χ3n) is 4.58. The summed E-state index contributed by atoms with van der Waals surface area (Å²) < 4.78 is 0. The molecule has 0 spiro atoms. The van der Waals surface area contributed by atoms with Crippen LogP contribution in [0.15, 0.2) is 40.6 Å². The first-order valence-electron chi connectivity index (χ1n) is 8.50. The van der Waals surface area contributed by atoms with Gasteiger partial charge in [0.15, 0.2) is 5.37 Å². The molecular weight excluding hydrogens is 368 g/mol. The molecule has 2 N–H and O–H groups in total. The number of nitrogens with one attached hydrogen (secondary N) is 2. The number of thiophene rings is 1. The van der Waals surface area contributed by atoms with Gasteiger partial charge in [0.25, 0.3) is 11.8 Å². The normalized spacial score (nSPS) is 19.7. The van der Waals surface area contributed by atoms with E-state index in [-0.39, 0.29) is 17.2 Å². The van der Waals surface area contributed by atoms with Crippen LogP contribution in [0, 0.1) is 0 Å². The van der Waals surface area contributed by atoms with Crippen molar-refractivity contribution in [3.63, 3.8) is 0 Å². The molecule has 2 aliphatic rings. The Kier molecular flexibility index (Phi) is 4.88. The fourth-order valence-electron chi connectivity index (χ4n) is 3.04. The number of nitrogens with zero attached hydrogens (tertiary/aromatic N) is 2. The monoisotopic (exact) mass is 388 g/mol. The van der Waals surface area contributed by atoms with Crippen molar-refractivity contribution in [2.24, 2.45) is 0 Å². The number of thioether (sulfide) groups is 1. The maximum absolute atomic E-state index is 12.8. The molecule has 8 heteroatoms. The van der Waals surface area contributed by atoms with Gasteiger partial charge in [-0.25, -0.2) is 0 Å². The highest BCUT2D eigenvalue weighted by molar-refractivity contribution is 8.01. The molecule has 0 radical (unpaired) electrons. The van der Waals surface area contributed by atoms with E-state index in [1.165, 1.54) is 23.1 Å². The van der Waals surface area contributed by atoms with Gasteiger partial charge in [0.1, 0.15) is 5.00 Å². The van der Waals surface area contributed by atoms with Crippen LogP contribution in [-0.2, 0) is 4.79 Å². The second-order valence-electron chi connectivity index (χ2n) is 6.39. The zero-order valence-electron chi connectivity index (χ0n) is 14.4. The topological polar surface area (TPSA) is 64.7 Å². The molecule has 2 aromatic rings. The van der Waals surface area contributed by atoms with E-state index in [4.69, 9.17) is 0 Å². The van der Waals surface area contributed by atoms with Crippen LogP contribution in [0.1, 0.15) is 10.4 Å². The predicted molar refractivity (Wildman–Crippen MR) is 106 cm³/mol. The number of amides is 2. The summed E-state index contributed by atoms with van der Waals surface area (Å²) in [6.07, 6.45) is 0. The first-order valence-corrected chi connectivity index (χ1v) is 10.3. The van der Waals surface area contributed by atoms with Gasteiger partial charge in [-0.3, -0.25) is 9.59 Å². The fraction of sp³-hybridized carbons (Fsp3) is 0.333. The summed E-state index contributed by atoms with van der Waals surface area (Å²) in [4.78, 5) is 30.6. The van der Waals surface area contributed by atoms with E-state index in [0.29, 0.717) is 23.7 Å². The average molecular weight is 389 g/mol. The Hall–Kier alpha value is -2.03. The largest absolute Gasteiger partial charge is 0.364 e. The summed E-state index contributed by atoms with van der Waals surface area (Å²) in [6, 6.07) is 9.65. The van der Waals surface area contributed by atoms with Crippen molar-refractivity contribution < 1.29 is 9.59 Å². The minimum absolute atomic E-state index is 0.00929. The van der Waals surface area contributed by atoms with E-state index in [0.717, 1.165) is 23.7 Å². The Morgan fingerprint density at radius 2 is 1.92 bits per heavy atom. The van der Waals surface area contributed by atoms with Gasteiger partial charge in [0.05, 0.1) is 5.56 Å². The number of anilines is 2. The number of hydrogen-bond acceptors (Lipinski definition) is 6. The minimum atomic E-state index is -0.388. The van der Waals surface area contributed by atoms with Crippen LogP contribution in [0.5, 0.6) is 0 Å². The van der Waals surface area contributed by atoms with Crippen molar-refractivity contribution in [1.29, 1.82) is 0 Å². The van der Waals surface area contributed by atoms with Crippen LogP contribution in [0.2, 0.25) is 0 Å². The maximum Gasteiger partial charge on any atom is 0.258 e. The lowest BCUT2D eigenvalue weighted by atomic mass is 10.2. The number of fused-ring (bicyclic) bond motifs is 1. The Labute approximate surface area is 160 Å². The third-order valence-corrected chi connectivity index (χ3v) is 6.59. The second-order valence-corrected chi connectivity index (χ2v) is 8.45. The molecule has 1 atom stereocenters. The first kappa shape index (κ1) is 17.4. The van der Waals surface area contributed by atoms with Gasteiger partial charge in [-0.15, -0.1) is 11.3 Å². The molecule has 136 valence electrons. The molecule has 1 unspecified atom stereocenters. The number of benzene rings is 1. The zero-order chi connectivity index (χ0) is 18.1. The molecule has 1 aromatic heterocycles. The summed E-state index contributed by atoms with van der Waals surface area (Å²) in [7, 11) is 2.06. The van der Waals surface area contributed by atoms with Crippen molar-refractivity contribution in [2.75, 3.05) is 43.9 Å². The van der Waals surface area contributed by atoms with Crippen LogP contribution < -0.4 is 10.6 Å². The number of rotatable bonds is 3. The van der Waals surface area contributed by atoms with Crippen molar-refractivity contribution in [1.82, 2.24) is 9.80 Å². The minimum Gasteiger partial charge on any atom is -0.364 e. The van der Waals surface area contributed by atoms with E-state index < -0.39 is 0 Å². The molecule has 26 heavy (non-hydrogen) atoms. The van der Waals surface area contributed by atoms with Gasteiger partial charge >= 0.3 is 0 Å². The van der Waals surface area contributed by atoms with Crippen LogP contribution >= 0.6 is 23.1 Å². The summed E-state index contributed by atoms with van der Waals surface area (Å²) in [6.45, 7) is 3.18. The number of hydrogen-bond donors (Lipinski definition) is 2. The van der Waals surface area contributed by atoms with Crippen molar-refractivity contribution >= 4 is 45.6 Å². The van der Waals surface area contributed by atoms with E-state index in [9.17, 15) is 9.59 Å². The van der Waals surface area contributed by atoms with Gasteiger partial charge in [-0.2, -0.15) is 0 Å². The summed E-state index contributed by atoms with van der Waals surface area (Å²) in [5.74, 6) is -0.147. The predicted octanol–water partition coefficient (Wildman–Crippen LogP) is 2.62. The number of para-hydroxylation sites is 1. The maximum atomic E-state index is 12.8. The standard InChI is InChI=1S/C18H20N4O2S2/c1-21-7-9-22(10-8-21)18(24)12-6-11-25-16(12)20-15(23)17-19-13-4-2-3-5-14(13)26-17/h2-6,11,17,19H,7-10H2,1H3,(H,20,23). The molecule has 1 saturated heterocycles. The van der Waals surface area contributed by atoms with Gasteiger partial charge in [-0.05, 0) is 30.6 Å². The van der Waals surface area contributed by atoms with Crippen LogP contribution in [0.25, 0.3) is 0 Å². The summed E-state index contributed by atoms with van der Waals surface area (Å²) in [5, 5.41) is 8.24. The van der Waals surface area contributed by atoms with Crippen LogP contribution in [-0.4, -0.2) is 60.2 Å². The van der Waals surface area contributed by atoms with Crippen LogP contribution in [0.4, 0.5) is 10.7 Å². The van der Waals surface area contributed by atoms with E-state index in [1.54, 1.807) is 6.07 Å². The second kappa shape index (κ2) is 7.30. The van der Waals surface area contributed by atoms with E-state index in [2.05, 4.69) is 22.6 Å². The molecule has 4 rings (SSSR count). The lowest BCUT2D eigenvalue weighted by Crippen LogP contribution is -2.47. The Bertz CT molecular complexity index is 805. The quantitative estimate of drug-likeness (QED) is 0.846. The number of likely N-dealkylation sites (N-methyl/N-ethyl adjacent to an activating group) is 1. The number of piperazine rings is 1. The fourth-order valence-corrected chi connectivity index (χ4v) is 4.84. The third kappa shape index (κ3) is 3.44. The molecule has 0 aliphatic carbocycles. The average Bonchev–Trinajstić information content (AvgIpc) is 3.28. The summed E-state index contributed by atoms with van der Waals surface area (Å²) in [5.41, 5.74) is 1.55. The number of carbonyl (C=O) groups excluding carboxylic acids is 2. The molecule has 1 aromatic carbocycles. The smallest absolute Gasteiger partial charge is 0.258 e. The molecule has 3 heterocycles. The van der Waals surface area contributed by atoms with E-state index in [1.807, 2.05) is 34.5 Å². The SMILES string of the molecule is CN1CCN(C(=O)c2ccsc2NC(=O)C2Nc3ccccc3S2)CC1. The van der Waals surface area contributed by atoms with Crippen LogP contribution in [0.3, 0.4) is 0 Å². The molecule has 0 saturated carbocycles. The Balaban J connectivity index is 1.43. The van der Waals surface area contributed by atoms with Gasteiger partial charge in [0.2, 0.25) is 0 Å². The molecular formula is C18H20N4O2S2. The molecule has 2 aliphatic heterocycles. The van der Waals surface area contributed by atoms with Crippen molar-refractivity contribution in [3.8, 4) is 0 Å². The highest BCUT2D eigenvalue weighted by Gasteiger charge is 2.29. The zero-order valence-corrected chi connectivity index (χ0v) is 16.0. The van der Waals surface area contributed by atoms with Gasteiger partial charge < -0.3 is 20.4 Å². The Morgan fingerprint density at radius 3 is 2.69 bits per heavy atom. The molecule has 6 nitrogen and oxygen atoms in total.